The Labute approximate surface area is 76.5 Å². The number of carbonyl (C=O) groups excluding carboxylic acids is 1. The van der Waals surface area contributed by atoms with E-state index in [9.17, 15) is 9.59 Å². The first-order chi connectivity index (χ1) is 6.20. The van der Waals surface area contributed by atoms with Crippen LogP contribution in [-0.2, 0) is 9.59 Å². The second-order valence-corrected chi connectivity index (χ2v) is 3.77. The van der Waals surface area contributed by atoms with E-state index in [2.05, 4.69) is 0 Å². The van der Waals surface area contributed by atoms with Crippen LogP contribution >= 0.6 is 0 Å². The van der Waals surface area contributed by atoms with Crippen molar-refractivity contribution in [1.82, 2.24) is 4.90 Å². The maximum absolute atomic E-state index is 11.4. The Morgan fingerprint density at radius 1 is 1.46 bits per heavy atom. The summed E-state index contributed by atoms with van der Waals surface area (Å²) in [7, 11) is 0. The molecule has 2 rings (SSSR count). The molecule has 0 aliphatic carbocycles. The van der Waals surface area contributed by atoms with Gasteiger partial charge in [0.15, 0.2) is 5.78 Å². The second kappa shape index (κ2) is 3.10. The molecule has 0 aromatic rings. The molecular weight excluding hydrogens is 170 g/mol. The summed E-state index contributed by atoms with van der Waals surface area (Å²) in [5.41, 5.74) is 0. The summed E-state index contributed by atoms with van der Waals surface area (Å²) in [4.78, 5) is 24.1. The molecule has 1 N–H and O–H groups in total. The summed E-state index contributed by atoms with van der Waals surface area (Å²) < 4.78 is 0. The number of carbonyl (C=O) groups is 2. The molecule has 0 aromatic heterocycles. The number of nitrogens with zero attached hydrogens (tertiary/aromatic N) is 1. The molecule has 0 amide bonds. The zero-order valence-corrected chi connectivity index (χ0v) is 7.40. The Morgan fingerprint density at radius 3 is 2.92 bits per heavy atom. The fraction of sp³-hybridized carbons (Fsp3) is 0.778. The van der Waals surface area contributed by atoms with E-state index in [1.165, 1.54) is 0 Å². The Kier molecular flexibility index (Phi) is 2.07. The van der Waals surface area contributed by atoms with Gasteiger partial charge >= 0.3 is 5.97 Å². The van der Waals surface area contributed by atoms with Crippen molar-refractivity contribution in [2.24, 2.45) is 0 Å². The van der Waals surface area contributed by atoms with E-state index < -0.39 is 12.0 Å². The van der Waals surface area contributed by atoms with Crippen LogP contribution in [0.4, 0.5) is 0 Å². The summed E-state index contributed by atoms with van der Waals surface area (Å²) in [6, 6.07) is -0.632. The number of aliphatic carboxylic acids is 1. The first-order valence-electron chi connectivity index (χ1n) is 4.71. The average Bonchev–Trinajstić information content (AvgIpc) is 2.45. The van der Waals surface area contributed by atoms with Crippen molar-refractivity contribution in [1.29, 1.82) is 0 Å². The van der Waals surface area contributed by atoms with E-state index in [0.29, 0.717) is 0 Å². The zero-order valence-electron chi connectivity index (χ0n) is 7.40. The largest absolute Gasteiger partial charge is 0.480 e. The van der Waals surface area contributed by atoms with Gasteiger partial charge in [-0.05, 0) is 19.4 Å². The van der Waals surface area contributed by atoms with E-state index in [-0.39, 0.29) is 18.2 Å². The van der Waals surface area contributed by atoms with E-state index in [0.717, 1.165) is 25.8 Å². The van der Waals surface area contributed by atoms with Crippen LogP contribution in [0.25, 0.3) is 0 Å². The third kappa shape index (κ3) is 1.35. The van der Waals surface area contributed by atoms with Crippen LogP contribution in [0.5, 0.6) is 0 Å². The topological polar surface area (TPSA) is 57.6 Å². The van der Waals surface area contributed by atoms with Gasteiger partial charge in [0, 0.05) is 6.42 Å². The molecule has 4 nitrogen and oxygen atoms in total. The maximum atomic E-state index is 11.4. The SMILES string of the molecule is O=C(O)C1CC(=O)C2CCCCN12. The molecule has 0 radical (unpaired) electrons. The normalized spacial score (nSPS) is 34.6. The van der Waals surface area contributed by atoms with Crippen molar-refractivity contribution in [2.45, 2.75) is 37.8 Å². The van der Waals surface area contributed by atoms with Crippen molar-refractivity contribution < 1.29 is 14.7 Å². The quantitative estimate of drug-likeness (QED) is 0.633. The number of hydrogen-bond acceptors (Lipinski definition) is 3. The number of rotatable bonds is 1. The Bertz CT molecular complexity index is 251. The van der Waals surface area contributed by atoms with Crippen molar-refractivity contribution in [3.05, 3.63) is 0 Å². The first kappa shape index (κ1) is 8.69. The fourth-order valence-corrected chi connectivity index (χ4v) is 2.35. The molecule has 0 aromatic carbocycles. The van der Waals surface area contributed by atoms with Crippen molar-refractivity contribution in [3.8, 4) is 0 Å². The van der Waals surface area contributed by atoms with Crippen LogP contribution in [0.15, 0.2) is 0 Å². The summed E-state index contributed by atoms with van der Waals surface area (Å²) in [6.45, 7) is 0.771. The summed E-state index contributed by atoms with van der Waals surface area (Å²) in [6.07, 6.45) is 3.13. The summed E-state index contributed by atoms with van der Waals surface area (Å²) in [5, 5.41) is 8.88. The van der Waals surface area contributed by atoms with Crippen LogP contribution in [0.3, 0.4) is 0 Å². The molecule has 0 bridgehead atoms. The van der Waals surface area contributed by atoms with Gasteiger partial charge in [-0.25, -0.2) is 0 Å². The van der Waals surface area contributed by atoms with Crippen LogP contribution in [-0.4, -0.2) is 40.4 Å². The number of carboxylic acids is 1. The first-order valence-corrected chi connectivity index (χ1v) is 4.71. The minimum atomic E-state index is -0.849. The predicted octanol–water partition coefficient (Wildman–Crippen LogP) is 0.267. The number of fused-ring (bicyclic) bond motifs is 1. The van der Waals surface area contributed by atoms with Crippen LogP contribution < -0.4 is 0 Å². The molecule has 0 saturated carbocycles. The lowest BCUT2D eigenvalue weighted by Crippen LogP contribution is -2.44. The second-order valence-electron chi connectivity index (χ2n) is 3.77. The van der Waals surface area contributed by atoms with Gasteiger partial charge in [0.05, 0.1) is 6.04 Å². The van der Waals surface area contributed by atoms with Gasteiger partial charge in [-0.2, -0.15) is 0 Å². The number of ketones is 1. The number of hydrogen-bond donors (Lipinski definition) is 1. The lowest BCUT2D eigenvalue weighted by atomic mass is 10.0. The monoisotopic (exact) mass is 183 g/mol. The average molecular weight is 183 g/mol. The minimum Gasteiger partial charge on any atom is -0.480 e. The van der Waals surface area contributed by atoms with Crippen molar-refractivity contribution in [3.63, 3.8) is 0 Å². The van der Waals surface area contributed by atoms with Gasteiger partial charge in [-0.1, -0.05) is 6.42 Å². The smallest absolute Gasteiger partial charge is 0.321 e. The lowest BCUT2D eigenvalue weighted by molar-refractivity contribution is -0.143. The number of Topliss-reactive ketones (excluding diaryl/α,β-unsaturated/α-hetero) is 1. The molecule has 2 fully saturated rings. The molecule has 2 saturated heterocycles. The van der Waals surface area contributed by atoms with E-state index >= 15 is 0 Å². The molecular formula is C9H13NO3. The molecule has 0 spiro atoms. The van der Waals surface area contributed by atoms with Gasteiger partial charge < -0.3 is 5.11 Å². The summed E-state index contributed by atoms with van der Waals surface area (Å²) >= 11 is 0. The molecule has 2 atom stereocenters. The van der Waals surface area contributed by atoms with Crippen molar-refractivity contribution in [2.75, 3.05) is 6.54 Å². The number of carboxylic acid groups (broad SMARTS) is 1. The highest BCUT2D eigenvalue weighted by Crippen LogP contribution is 2.28. The molecule has 2 heterocycles. The highest BCUT2D eigenvalue weighted by atomic mass is 16.4. The lowest BCUT2D eigenvalue weighted by Gasteiger charge is -2.30. The van der Waals surface area contributed by atoms with Gasteiger partial charge in [0.2, 0.25) is 0 Å². The standard InChI is InChI=1S/C9H13NO3/c11-8-5-7(9(12)13)10-4-2-1-3-6(8)10/h6-7H,1-5H2,(H,12,13). The van der Waals surface area contributed by atoms with Crippen LogP contribution in [0.1, 0.15) is 25.7 Å². The molecule has 2 aliphatic heterocycles. The third-order valence-electron chi connectivity index (χ3n) is 3.00. The fourth-order valence-electron chi connectivity index (χ4n) is 2.35. The van der Waals surface area contributed by atoms with Gasteiger partial charge in [0.1, 0.15) is 6.04 Å². The molecule has 2 aliphatic rings. The highest BCUT2D eigenvalue weighted by molar-refractivity contribution is 5.93. The molecule has 72 valence electrons. The van der Waals surface area contributed by atoms with E-state index in [1.807, 2.05) is 4.90 Å². The number of piperidine rings is 1. The van der Waals surface area contributed by atoms with Crippen molar-refractivity contribution >= 4 is 11.8 Å². The molecule has 13 heavy (non-hydrogen) atoms. The summed E-state index contributed by atoms with van der Waals surface area (Å²) in [5.74, 6) is -0.732. The van der Waals surface area contributed by atoms with Gasteiger partial charge in [-0.3, -0.25) is 14.5 Å². The predicted molar refractivity (Wildman–Crippen MR) is 45.4 cm³/mol. The Morgan fingerprint density at radius 2 is 2.23 bits per heavy atom. The highest BCUT2D eigenvalue weighted by Gasteiger charge is 2.44. The molecule has 4 heteroatoms. The maximum Gasteiger partial charge on any atom is 0.321 e. The van der Waals surface area contributed by atoms with Crippen LogP contribution in [0.2, 0.25) is 0 Å². The zero-order chi connectivity index (χ0) is 9.42. The van der Waals surface area contributed by atoms with E-state index in [4.69, 9.17) is 5.11 Å². The van der Waals surface area contributed by atoms with Gasteiger partial charge in [0.25, 0.3) is 0 Å². The Hall–Kier alpha value is -0.900. The minimum absolute atomic E-state index is 0.0881. The van der Waals surface area contributed by atoms with Gasteiger partial charge in [-0.15, -0.1) is 0 Å². The van der Waals surface area contributed by atoms with Crippen LogP contribution in [0, 0.1) is 0 Å². The van der Waals surface area contributed by atoms with E-state index in [1.54, 1.807) is 0 Å². The third-order valence-corrected chi connectivity index (χ3v) is 3.00. The Balaban J connectivity index is 2.17. The molecule has 2 unspecified atom stereocenters.